The molecule has 0 saturated heterocycles. The summed E-state index contributed by atoms with van der Waals surface area (Å²) in [6, 6.07) is 0. The van der Waals surface area contributed by atoms with Crippen LogP contribution in [0.3, 0.4) is 0 Å². The predicted octanol–water partition coefficient (Wildman–Crippen LogP) is 0.902. The number of carbonyl (C=O) groups is 1. The average Bonchev–Trinajstić information content (AvgIpc) is 1.84. The van der Waals surface area contributed by atoms with Crippen LogP contribution in [0.1, 0.15) is 20.3 Å². The molecule has 0 fully saturated rings. The van der Waals surface area contributed by atoms with Gasteiger partial charge in [-0.1, -0.05) is 13.5 Å². The second-order valence-electron chi connectivity index (χ2n) is 2.01. The van der Waals surface area contributed by atoms with Crippen molar-refractivity contribution in [1.29, 1.82) is 0 Å². The second-order valence-corrected chi connectivity index (χ2v) is 2.01. The van der Waals surface area contributed by atoms with Gasteiger partial charge in [-0.05, 0) is 13.3 Å². The molecular weight excluding hydrogens is 116 g/mol. The van der Waals surface area contributed by atoms with Gasteiger partial charge in [-0.15, -0.1) is 0 Å². The first-order chi connectivity index (χ1) is 4.09. The standard InChI is InChI=1S/C7H12O2/c1-4-7(9)5(2)6(3)8/h7,9H,2,4H2,1,3H3. The van der Waals surface area contributed by atoms with Gasteiger partial charge >= 0.3 is 0 Å². The van der Waals surface area contributed by atoms with Crippen LogP contribution in [0.5, 0.6) is 0 Å². The third-order valence-corrected chi connectivity index (χ3v) is 1.24. The van der Waals surface area contributed by atoms with Crippen LogP contribution < -0.4 is 0 Å². The number of ketones is 1. The molecule has 0 aliphatic rings. The molecule has 0 heterocycles. The fourth-order valence-electron chi connectivity index (χ4n) is 0.481. The first-order valence-corrected chi connectivity index (χ1v) is 2.97. The number of hydrogen-bond acceptors (Lipinski definition) is 2. The number of carbonyl (C=O) groups excluding carboxylic acids is 1. The third-order valence-electron chi connectivity index (χ3n) is 1.24. The van der Waals surface area contributed by atoms with Crippen LogP contribution in [0.25, 0.3) is 0 Å². The molecule has 1 atom stereocenters. The Morgan fingerprint density at radius 1 is 1.78 bits per heavy atom. The van der Waals surface area contributed by atoms with Crippen molar-refractivity contribution in [3.05, 3.63) is 12.2 Å². The summed E-state index contributed by atoms with van der Waals surface area (Å²) in [6.07, 6.45) is -0.0965. The van der Waals surface area contributed by atoms with Gasteiger partial charge < -0.3 is 5.11 Å². The van der Waals surface area contributed by atoms with Crippen LogP contribution in [0, 0.1) is 0 Å². The van der Waals surface area contributed by atoms with E-state index < -0.39 is 6.10 Å². The molecule has 2 nitrogen and oxygen atoms in total. The second kappa shape index (κ2) is 3.41. The Morgan fingerprint density at radius 2 is 2.22 bits per heavy atom. The van der Waals surface area contributed by atoms with E-state index in [1.54, 1.807) is 6.92 Å². The topological polar surface area (TPSA) is 37.3 Å². The molecule has 0 aliphatic heterocycles. The van der Waals surface area contributed by atoms with E-state index in [4.69, 9.17) is 5.11 Å². The molecule has 0 aromatic heterocycles. The van der Waals surface area contributed by atoms with E-state index in [2.05, 4.69) is 6.58 Å². The molecule has 0 rings (SSSR count). The van der Waals surface area contributed by atoms with Crippen molar-refractivity contribution >= 4 is 5.78 Å². The Kier molecular flexibility index (Phi) is 3.17. The molecule has 52 valence electrons. The molecule has 0 amide bonds. The molecule has 0 radical (unpaired) electrons. The summed E-state index contributed by atoms with van der Waals surface area (Å²) in [7, 11) is 0. The van der Waals surface area contributed by atoms with Gasteiger partial charge in [-0.3, -0.25) is 4.79 Å². The number of aliphatic hydroxyl groups excluding tert-OH is 1. The van der Waals surface area contributed by atoms with Crippen molar-refractivity contribution in [2.24, 2.45) is 0 Å². The lowest BCUT2D eigenvalue weighted by Gasteiger charge is -2.06. The van der Waals surface area contributed by atoms with Gasteiger partial charge in [-0.25, -0.2) is 0 Å². The molecule has 0 aromatic carbocycles. The van der Waals surface area contributed by atoms with Crippen molar-refractivity contribution in [1.82, 2.24) is 0 Å². The third kappa shape index (κ3) is 2.42. The van der Waals surface area contributed by atoms with Crippen molar-refractivity contribution in [3.63, 3.8) is 0 Å². The normalized spacial score (nSPS) is 12.8. The minimum atomic E-state index is -0.650. The lowest BCUT2D eigenvalue weighted by Crippen LogP contribution is -2.13. The van der Waals surface area contributed by atoms with Gasteiger partial charge in [-0.2, -0.15) is 0 Å². The van der Waals surface area contributed by atoms with Crippen molar-refractivity contribution in [2.45, 2.75) is 26.4 Å². The van der Waals surface area contributed by atoms with Gasteiger partial charge in [0.05, 0.1) is 6.10 Å². The van der Waals surface area contributed by atoms with Gasteiger partial charge in [0.2, 0.25) is 0 Å². The van der Waals surface area contributed by atoms with Gasteiger partial charge in [0.15, 0.2) is 5.78 Å². The smallest absolute Gasteiger partial charge is 0.157 e. The first-order valence-electron chi connectivity index (χ1n) is 2.97. The van der Waals surface area contributed by atoms with E-state index in [9.17, 15) is 4.79 Å². The van der Waals surface area contributed by atoms with E-state index >= 15 is 0 Å². The highest BCUT2D eigenvalue weighted by Crippen LogP contribution is 2.03. The minimum absolute atomic E-state index is 0.135. The monoisotopic (exact) mass is 128 g/mol. The van der Waals surface area contributed by atoms with E-state index in [1.807, 2.05) is 0 Å². The van der Waals surface area contributed by atoms with E-state index in [-0.39, 0.29) is 5.78 Å². The van der Waals surface area contributed by atoms with Crippen LogP contribution >= 0.6 is 0 Å². The number of aliphatic hydroxyl groups is 1. The molecule has 0 saturated carbocycles. The molecule has 0 spiro atoms. The summed E-state index contributed by atoms with van der Waals surface area (Å²) < 4.78 is 0. The largest absolute Gasteiger partial charge is 0.388 e. The quantitative estimate of drug-likeness (QED) is 0.573. The number of Topliss-reactive ketones (excluding diaryl/α,β-unsaturated/α-hetero) is 1. The van der Waals surface area contributed by atoms with Crippen molar-refractivity contribution < 1.29 is 9.90 Å². The summed E-state index contributed by atoms with van der Waals surface area (Å²) in [5, 5.41) is 8.98. The molecule has 1 N–H and O–H groups in total. The van der Waals surface area contributed by atoms with Crippen LogP contribution in [0.15, 0.2) is 12.2 Å². The summed E-state index contributed by atoms with van der Waals surface area (Å²) >= 11 is 0. The van der Waals surface area contributed by atoms with E-state index in [0.29, 0.717) is 12.0 Å². The Bertz CT molecular complexity index is 127. The van der Waals surface area contributed by atoms with Gasteiger partial charge in [0.25, 0.3) is 0 Å². The van der Waals surface area contributed by atoms with Crippen molar-refractivity contribution in [3.8, 4) is 0 Å². The summed E-state index contributed by atoms with van der Waals surface area (Å²) in [5.41, 5.74) is 0.303. The molecule has 1 unspecified atom stereocenters. The zero-order chi connectivity index (χ0) is 7.44. The molecule has 0 aromatic rings. The molecular formula is C7H12O2. The van der Waals surface area contributed by atoms with E-state index in [0.717, 1.165) is 0 Å². The fraction of sp³-hybridized carbons (Fsp3) is 0.571. The highest BCUT2D eigenvalue weighted by Gasteiger charge is 2.08. The van der Waals surface area contributed by atoms with Gasteiger partial charge in [0.1, 0.15) is 0 Å². The molecule has 9 heavy (non-hydrogen) atoms. The lowest BCUT2D eigenvalue weighted by atomic mass is 10.1. The highest BCUT2D eigenvalue weighted by atomic mass is 16.3. The number of rotatable bonds is 3. The molecule has 0 aliphatic carbocycles. The fourth-order valence-corrected chi connectivity index (χ4v) is 0.481. The zero-order valence-electron chi connectivity index (χ0n) is 5.85. The molecule has 0 bridgehead atoms. The highest BCUT2D eigenvalue weighted by molar-refractivity contribution is 5.93. The summed E-state index contributed by atoms with van der Waals surface area (Å²) in [5.74, 6) is -0.135. The Labute approximate surface area is 55.2 Å². The maximum absolute atomic E-state index is 10.5. The number of hydrogen-bond donors (Lipinski definition) is 1. The van der Waals surface area contributed by atoms with Crippen LogP contribution in [-0.4, -0.2) is 17.0 Å². The summed E-state index contributed by atoms with van der Waals surface area (Å²) in [4.78, 5) is 10.5. The maximum atomic E-state index is 10.5. The maximum Gasteiger partial charge on any atom is 0.157 e. The molecule has 2 heteroatoms. The average molecular weight is 128 g/mol. The van der Waals surface area contributed by atoms with Crippen LogP contribution in [0.4, 0.5) is 0 Å². The Balaban J connectivity index is 3.88. The zero-order valence-corrected chi connectivity index (χ0v) is 5.85. The van der Waals surface area contributed by atoms with Crippen LogP contribution in [-0.2, 0) is 4.79 Å². The predicted molar refractivity (Wildman–Crippen MR) is 36.1 cm³/mol. The van der Waals surface area contributed by atoms with Crippen molar-refractivity contribution in [2.75, 3.05) is 0 Å². The minimum Gasteiger partial charge on any atom is -0.388 e. The SMILES string of the molecule is C=C(C(C)=O)C(O)CC. The van der Waals surface area contributed by atoms with Crippen LogP contribution in [0.2, 0.25) is 0 Å². The Morgan fingerprint density at radius 3 is 2.33 bits per heavy atom. The lowest BCUT2D eigenvalue weighted by molar-refractivity contribution is -0.114. The van der Waals surface area contributed by atoms with Gasteiger partial charge in [0, 0.05) is 5.57 Å². The Hall–Kier alpha value is -0.630. The summed E-state index contributed by atoms with van der Waals surface area (Å²) in [6.45, 7) is 6.63. The van der Waals surface area contributed by atoms with E-state index in [1.165, 1.54) is 6.92 Å². The first kappa shape index (κ1) is 8.37.